The van der Waals surface area contributed by atoms with Crippen molar-refractivity contribution in [1.29, 1.82) is 0 Å². The molecule has 9 nitrogen and oxygen atoms in total. The van der Waals surface area contributed by atoms with Gasteiger partial charge in [-0.2, -0.15) is 0 Å². The number of hydrogen-bond acceptors (Lipinski definition) is 9. The van der Waals surface area contributed by atoms with E-state index in [9.17, 15) is 0 Å². The number of pyridine rings is 1. The molecule has 182 valence electrons. The number of aliphatic imine (C=N–C) groups is 1. The second-order valence-electron chi connectivity index (χ2n) is 9.36. The molecule has 2 heterocycles. The first-order valence-corrected chi connectivity index (χ1v) is 12.0. The van der Waals surface area contributed by atoms with Gasteiger partial charge in [0.2, 0.25) is 0 Å². The highest BCUT2D eigenvalue weighted by Crippen LogP contribution is 2.32. The van der Waals surface area contributed by atoms with Crippen LogP contribution >= 0.6 is 0 Å². The van der Waals surface area contributed by atoms with E-state index in [0.29, 0.717) is 30.3 Å². The minimum atomic E-state index is 0.281. The van der Waals surface area contributed by atoms with Gasteiger partial charge in [-0.15, -0.1) is 0 Å². The zero-order valence-corrected chi connectivity index (χ0v) is 19.8. The molecule has 1 saturated heterocycles. The number of piperazine rings is 1. The van der Waals surface area contributed by atoms with Crippen LogP contribution in [0.2, 0.25) is 0 Å². The molecule has 1 saturated carbocycles. The van der Waals surface area contributed by atoms with Crippen molar-refractivity contribution in [2.75, 3.05) is 41.4 Å². The third-order valence-electron chi connectivity index (χ3n) is 6.90. The van der Waals surface area contributed by atoms with Crippen LogP contribution in [0.4, 0.5) is 23.0 Å². The molecule has 4 rings (SSSR count). The first kappa shape index (κ1) is 23.8. The van der Waals surface area contributed by atoms with E-state index in [0.717, 1.165) is 30.8 Å². The second-order valence-corrected chi connectivity index (χ2v) is 9.36. The fourth-order valence-corrected chi connectivity index (χ4v) is 5.11. The topological polar surface area (TPSA) is 157 Å². The molecule has 1 aliphatic heterocycles. The lowest BCUT2D eigenvalue weighted by molar-refractivity contribution is 0.216. The largest absolute Gasteiger partial charge is 0.404 e. The minimum Gasteiger partial charge on any atom is -0.404 e. The number of benzene rings is 1. The summed E-state index contributed by atoms with van der Waals surface area (Å²) in [5.41, 5.74) is 25.1. The Bertz CT molecular complexity index is 1040. The Morgan fingerprint density at radius 2 is 2.03 bits per heavy atom. The van der Waals surface area contributed by atoms with Gasteiger partial charge in [-0.3, -0.25) is 4.99 Å². The monoisotopic (exact) mass is 463 g/mol. The number of anilines is 4. The average molecular weight is 464 g/mol. The highest BCUT2D eigenvalue weighted by atomic mass is 15.3. The number of rotatable bonds is 7. The molecule has 2 aromatic rings. The van der Waals surface area contributed by atoms with Crippen LogP contribution in [0.5, 0.6) is 0 Å². The van der Waals surface area contributed by atoms with E-state index < -0.39 is 0 Å². The van der Waals surface area contributed by atoms with Crippen molar-refractivity contribution in [2.45, 2.75) is 50.6 Å². The molecule has 2 aliphatic rings. The van der Waals surface area contributed by atoms with Crippen molar-refractivity contribution >= 4 is 29.2 Å². The summed E-state index contributed by atoms with van der Waals surface area (Å²) < 4.78 is 0. The van der Waals surface area contributed by atoms with Crippen molar-refractivity contribution in [3.8, 4) is 0 Å². The van der Waals surface area contributed by atoms with Gasteiger partial charge in [-0.05, 0) is 53.9 Å². The first-order chi connectivity index (χ1) is 16.5. The molecule has 0 unspecified atom stereocenters. The summed E-state index contributed by atoms with van der Waals surface area (Å²) in [6.07, 6.45) is 10.4. The normalized spacial score (nSPS) is 18.5. The predicted molar refractivity (Wildman–Crippen MR) is 142 cm³/mol. The number of allylic oxidation sites excluding steroid dienone is 1. The van der Waals surface area contributed by atoms with Gasteiger partial charge >= 0.3 is 0 Å². The molecule has 1 aromatic carbocycles. The van der Waals surface area contributed by atoms with Crippen molar-refractivity contribution in [3.05, 3.63) is 53.2 Å². The van der Waals surface area contributed by atoms with E-state index >= 15 is 0 Å². The summed E-state index contributed by atoms with van der Waals surface area (Å²) in [6.45, 7) is 3.73. The molecule has 34 heavy (non-hydrogen) atoms. The molecule has 10 N–H and O–H groups in total. The molecule has 0 radical (unpaired) electrons. The van der Waals surface area contributed by atoms with E-state index in [1.54, 1.807) is 12.3 Å². The molecule has 9 heteroatoms. The molecule has 1 aliphatic carbocycles. The number of hydrazine groups is 1. The van der Waals surface area contributed by atoms with Gasteiger partial charge in [-0.1, -0.05) is 31.4 Å². The van der Waals surface area contributed by atoms with Crippen molar-refractivity contribution < 1.29 is 0 Å². The Hall–Kier alpha value is -3.30. The third-order valence-corrected chi connectivity index (χ3v) is 6.90. The van der Waals surface area contributed by atoms with Crippen LogP contribution in [0.25, 0.3) is 0 Å². The van der Waals surface area contributed by atoms with Crippen LogP contribution < -0.4 is 38.7 Å². The summed E-state index contributed by atoms with van der Waals surface area (Å²) in [7, 11) is 0. The zero-order chi connectivity index (χ0) is 24.0. The number of nitrogen functional groups attached to an aromatic ring is 3. The van der Waals surface area contributed by atoms with Gasteiger partial charge < -0.3 is 32.8 Å². The lowest BCUT2D eigenvalue weighted by Crippen LogP contribution is -2.61. The van der Waals surface area contributed by atoms with Gasteiger partial charge in [-0.25, -0.2) is 10.8 Å². The van der Waals surface area contributed by atoms with E-state index in [1.165, 1.54) is 49.6 Å². The number of nitrogens with zero attached hydrogens (tertiary/aromatic N) is 3. The fraction of sp³-hybridized carbons (Fsp3) is 0.440. The molecule has 1 aromatic heterocycles. The van der Waals surface area contributed by atoms with E-state index in [1.807, 2.05) is 0 Å². The highest BCUT2D eigenvalue weighted by Gasteiger charge is 2.36. The average Bonchev–Trinajstić information content (AvgIpc) is 2.86. The summed E-state index contributed by atoms with van der Waals surface area (Å²) >= 11 is 0. The molecular formula is C25H37N9. The molecule has 0 amide bonds. The predicted octanol–water partition coefficient (Wildman–Crippen LogP) is 2.30. The first-order valence-electron chi connectivity index (χ1n) is 12.0. The van der Waals surface area contributed by atoms with Gasteiger partial charge in [0, 0.05) is 43.5 Å². The Labute approximate surface area is 201 Å². The lowest BCUT2D eigenvalue weighted by atomic mass is 9.80. The van der Waals surface area contributed by atoms with Crippen molar-refractivity contribution in [3.63, 3.8) is 0 Å². The van der Waals surface area contributed by atoms with Crippen LogP contribution in [-0.4, -0.2) is 36.4 Å². The van der Waals surface area contributed by atoms with Crippen LogP contribution in [0.3, 0.4) is 0 Å². The Morgan fingerprint density at radius 3 is 2.79 bits per heavy atom. The van der Waals surface area contributed by atoms with Crippen LogP contribution in [0.1, 0.15) is 43.2 Å². The lowest BCUT2D eigenvalue weighted by Gasteiger charge is -2.47. The zero-order valence-electron chi connectivity index (χ0n) is 19.8. The summed E-state index contributed by atoms with van der Waals surface area (Å²) in [6, 6.07) is 10.4. The van der Waals surface area contributed by atoms with Crippen LogP contribution in [0, 0.1) is 0 Å². The maximum atomic E-state index is 6.14. The summed E-state index contributed by atoms with van der Waals surface area (Å²) in [5.74, 6) is 6.17. The highest BCUT2D eigenvalue weighted by molar-refractivity contribution is 5.80. The van der Waals surface area contributed by atoms with Gasteiger partial charge in [0.15, 0.2) is 5.82 Å². The van der Waals surface area contributed by atoms with Crippen LogP contribution in [-0.2, 0) is 13.0 Å². The van der Waals surface area contributed by atoms with Crippen molar-refractivity contribution in [1.82, 2.24) is 10.3 Å². The van der Waals surface area contributed by atoms with Crippen molar-refractivity contribution in [2.24, 2.45) is 16.6 Å². The Kier molecular flexibility index (Phi) is 7.54. The van der Waals surface area contributed by atoms with E-state index in [4.69, 9.17) is 23.0 Å². The van der Waals surface area contributed by atoms with Gasteiger partial charge in [0.1, 0.15) is 5.82 Å². The van der Waals surface area contributed by atoms with E-state index in [2.05, 4.69) is 49.9 Å². The maximum absolute atomic E-state index is 6.14. The second kappa shape index (κ2) is 10.8. The quantitative estimate of drug-likeness (QED) is 0.207. The molecule has 1 spiro atoms. The fourth-order valence-electron chi connectivity index (χ4n) is 5.11. The van der Waals surface area contributed by atoms with Gasteiger partial charge in [0.25, 0.3) is 0 Å². The van der Waals surface area contributed by atoms with E-state index in [-0.39, 0.29) is 5.54 Å². The summed E-state index contributed by atoms with van der Waals surface area (Å²) in [4.78, 5) is 11.3. The Balaban J connectivity index is 1.40. The number of nitrogens with one attached hydrogen (secondary N) is 2. The molecular weight excluding hydrogens is 426 g/mol. The standard InChI is InChI=1S/C25H37N9/c26-14-19(11-20-13-22(27)32-24(33-29)23(20)28)16-30-15-18-5-4-6-21(12-18)34-10-9-31-25(17-34)7-2-1-3-8-25/h4-6,12-14,16,31H,1-3,7-11,15,17,26,28-29H2,(H3,27,32,33). The maximum Gasteiger partial charge on any atom is 0.165 e. The molecule has 0 atom stereocenters. The smallest absolute Gasteiger partial charge is 0.165 e. The van der Waals surface area contributed by atoms with Crippen LogP contribution in [0.15, 0.2) is 47.1 Å². The SMILES string of the molecule is NC=C(C=NCc1cccc(N2CCNC3(CCCCC3)C2)c1)Cc1cc(N)nc(NN)c1N. The molecule has 0 bridgehead atoms. The number of hydrogen-bond donors (Lipinski definition) is 6. The summed E-state index contributed by atoms with van der Waals surface area (Å²) in [5, 5.41) is 3.82. The molecule has 2 fully saturated rings. The Morgan fingerprint density at radius 1 is 1.21 bits per heavy atom. The number of aromatic nitrogens is 1. The minimum absolute atomic E-state index is 0.281. The third kappa shape index (κ3) is 5.60. The number of nitrogens with two attached hydrogens (primary N) is 4. The van der Waals surface area contributed by atoms with Gasteiger partial charge in [0.05, 0.1) is 12.2 Å².